The zero-order chi connectivity index (χ0) is 21.6. The Bertz CT molecular complexity index is 812. The predicted molar refractivity (Wildman–Crippen MR) is 119 cm³/mol. The number of hydrogen-bond acceptors (Lipinski definition) is 5. The zero-order valence-corrected chi connectivity index (χ0v) is 18.2. The highest BCUT2D eigenvalue weighted by Crippen LogP contribution is 2.18. The quantitative estimate of drug-likeness (QED) is 0.755. The molecule has 162 valence electrons. The number of aliphatic hydroxyl groups is 1. The van der Waals surface area contributed by atoms with Crippen molar-refractivity contribution in [3.05, 3.63) is 65.7 Å². The van der Waals surface area contributed by atoms with Gasteiger partial charge in [0.1, 0.15) is 5.60 Å². The first-order valence-corrected chi connectivity index (χ1v) is 10.6. The first kappa shape index (κ1) is 22.3. The van der Waals surface area contributed by atoms with Crippen LogP contribution in [-0.4, -0.2) is 59.3 Å². The van der Waals surface area contributed by atoms with Crippen molar-refractivity contribution in [2.24, 2.45) is 0 Å². The standard InChI is InChI=1S/C24H33N3O3/c1-24(2,3)30-23(29)25-21-11-7-8-19(16-21)17-26-12-14-27(15-13-26)18-22(28)20-9-5-4-6-10-20/h4-11,16,22,28H,12-15,17-18H2,1-3H3,(H,25,29)/t22-/m0/s1. The second-order valence-electron chi connectivity index (χ2n) is 8.83. The molecule has 1 amide bonds. The summed E-state index contributed by atoms with van der Waals surface area (Å²) in [5.41, 5.74) is 2.34. The molecule has 6 heteroatoms. The third kappa shape index (κ3) is 7.13. The van der Waals surface area contributed by atoms with Crippen LogP contribution < -0.4 is 5.32 Å². The summed E-state index contributed by atoms with van der Waals surface area (Å²) in [6.07, 6.45) is -0.890. The number of hydrogen-bond donors (Lipinski definition) is 2. The highest BCUT2D eigenvalue weighted by atomic mass is 16.6. The van der Waals surface area contributed by atoms with Crippen LogP contribution in [0.5, 0.6) is 0 Å². The topological polar surface area (TPSA) is 65.0 Å². The monoisotopic (exact) mass is 411 g/mol. The van der Waals surface area contributed by atoms with Crippen molar-refractivity contribution in [2.75, 3.05) is 38.0 Å². The molecule has 1 aliphatic rings. The first-order chi connectivity index (χ1) is 14.3. The Balaban J connectivity index is 1.46. The molecular weight excluding hydrogens is 378 g/mol. The number of anilines is 1. The number of nitrogens with zero attached hydrogens (tertiary/aromatic N) is 2. The van der Waals surface area contributed by atoms with E-state index in [1.807, 2.05) is 69.3 Å². The summed E-state index contributed by atoms with van der Waals surface area (Å²) < 4.78 is 5.32. The minimum Gasteiger partial charge on any atom is -0.444 e. The van der Waals surface area contributed by atoms with Crippen LogP contribution in [0.3, 0.4) is 0 Å². The van der Waals surface area contributed by atoms with Gasteiger partial charge in [-0.1, -0.05) is 42.5 Å². The number of aliphatic hydroxyl groups excluding tert-OH is 1. The van der Waals surface area contributed by atoms with Crippen molar-refractivity contribution in [1.82, 2.24) is 9.80 Å². The Morgan fingerprint density at radius 1 is 1.03 bits per heavy atom. The van der Waals surface area contributed by atoms with Gasteiger partial charge in [-0.15, -0.1) is 0 Å². The van der Waals surface area contributed by atoms with Crippen LogP contribution in [0.25, 0.3) is 0 Å². The van der Waals surface area contributed by atoms with E-state index in [9.17, 15) is 9.90 Å². The molecule has 2 aromatic rings. The van der Waals surface area contributed by atoms with Crippen LogP contribution in [0.15, 0.2) is 54.6 Å². The van der Waals surface area contributed by atoms with Gasteiger partial charge in [0, 0.05) is 45.0 Å². The molecule has 30 heavy (non-hydrogen) atoms. The number of rotatable bonds is 6. The van der Waals surface area contributed by atoms with Crippen molar-refractivity contribution in [3.8, 4) is 0 Å². The highest BCUT2D eigenvalue weighted by molar-refractivity contribution is 5.84. The van der Waals surface area contributed by atoms with Crippen molar-refractivity contribution < 1.29 is 14.6 Å². The zero-order valence-electron chi connectivity index (χ0n) is 18.2. The molecule has 0 radical (unpaired) electrons. The van der Waals surface area contributed by atoms with Crippen molar-refractivity contribution >= 4 is 11.8 Å². The lowest BCUT2D eigenvalue weighted by Gasteiger charge is -2.35. The number of β-amino-alcohol motifs (C(OH)–C–C–N with tert-alkyl or cyclic N) is 1. The van der Waals surface area contributed by atoms with Gasteiger partial charge in [0.05, 0.1) is 6.10 Å². The van der Waals surface area contributed by atoms with E-state index < -0.39 is 17.8 Å². The maximum Gasteiger partial charge on any atom is 0.412 e. The molecule has 6 nitrogen and oxygen atoms in total. The summed E-state index contributed by atoms with van der Waals surface area (Å²) in [7, 11) is 0. The number of nitrogens with one attached hydrogen (secondary N) is 1. The molecule has 1 heterocycles. The minimum atomic E-state index is -0.518. The molecule has 0 bridgehead atoms. The Labute approximate surface area is 179 Å². The van der Waals surface area contributed by atoms with Crippen LogP contribution in [0.4, 0.5) is 10.5 Å². The van der Waals surface area contributed by atoms with Crippen LogP contribution in [-0.2, 0) is 11.3 Å². The van der Waals surface area contributed by atoms with Gasteiger partial charge in [-0.25, -0.2) is 4.79 Å². The number of piperazine rings is 1. The lowest BCUT2D eigenvalue weighted by atomic mass is 10.1. The third-order valence-electron chi connectivity index (χ3n) is 5.06. The molecule has 2 N–H and O–H groups in total. The van der Waals surface area contributed by atoms with E-state index in [4.69, 9.17) is 4.74 Å². The maximum atomic E-state index is 12.0. The highest BCUT2D eigenvalue weighted by Gasteiger charge is 2.20. The van der Waals surface area contributed by atoms with Crippen LogP contribution >= 0.6 is 0 Å². The van der Waals surface area contributed by atoms with E-state index in [-0.39, 0.29) is 0 Å². The normalized spacial score (nSPS) is 16.8. The summed E-state index contributed by atoms with van der Waals surface area (Å²) >= 11 is 0. The number of carbonyl (C=O) groups is 1. The van der Waals surface area contributed by atoms with Crippen molar-refractivity contribution in [2.45, 2.75) is 39.0 Å². The van der Waals surface area contributed by atoms with Gasteiger partial charge < -0.3 is 9.84 Å². The van der Waals surface area contributed by atoms with E-state index in [0.29, 0.717) is 6.54 Å². The number of amides is 1. The van der Waals surface area contributed by atoms with E-state index >= 15 is 0 Å². The molecular formula is C24H33N3O3. The maximum absolute atomic E-state index is 12.0. The average Bonchev–Trinajstić information content (AvgIpc) is 2.69. The van der Waals surface area contributed by atoms with Gasteiger partial charge in [0.15, 0.2) is 0 Å². The molecule has 1 atom stereocenters. The average molecular weight is 412 g/mol. The van der Waals surface area contributed by atoms with E-state index in [1.54, 1.807) is 0 Å². The predicted octanol–water partition coefficient (Wildman–Crippen LogP) is 3.88. The summed E-state index contributed by atoms with van der Waals surface area (Å²) in [6, 6.07) is 17.7. The fourth-order valence-corrected chi connectivity index (χ4v) is 3.58. The van der Waals surface area contributed by atoms with Crippen LogP contribution in [0.1, 0.15) is 38.0 Å². The van der Waals surface area contributed by atoms with Crippen LogP contribution in [0.2, 0.25) is 0 Å². The lowest BCUT2D eigenvalue weighted by Crippen LogP contribution is -2.47. The Morgan fingerprint density at radius 3 is 2.37 bits per heavy atom. The molecule has 0 spiro atoms. The molecule has 0 aliphatic carbocycles. The molecule has 0 aromatic heterocycles. The largest absolute Gasteiger partial charge is 0.444 e. The molecule has 0 unspecified atom stereocenters. The summed E-state index contributed by atoms with van der Waals surface area (Å²) in [4.78, 5) is 16.7. The first-order valence-electron chi connectivity index (χ1n) is 10.6. The minimum absolute atomic E-state index is 0.440. The van der Waals surface area contributed by atoms with Gasteiger partial charge >= 0.3 is 6.09 Å². The number of ether oxygens (including phenoxy) is 1. The van der Waals surface area contributed by atoms with Gasteiger partial charge in [-0.2, -0.15) is 0 Å². The third-order valence-corrected chi connectivity index (χ3v) is 5.06. The molecule has 1 fully saturated rings. The van der Waals surface area contributed by atoms with E-state index in [0.717, 1.165) is 49.5 Å². The fourth-order valence-electron chi connectivity index (χ4n) is 3.58. The number of benzene rings is 2. The smallest absolute Gasteiger partial charge is 0.412 e. The van der Waals surface area contributed by atoms with Gasteiger partial charge in [-0.3, -0.25) is 15.1 Å². The molecule has 1 aliphatic heterocycles. The Morgan fingerprint density at radius 2 is 1.70 bits per heavy atom. The summed E-state index contributed by atoms with van der Waals surface area (Å²) in [6.45, 7) is 10.8. The Kier molecular flexibility index (Phi) is 7.48. The fraction of sp³-hybridized carbons (Fsp3) is 0.458. The lowest BCUT2D eigenvalue weighted by molar-refractivity contribution is 0.0635. The van der Waals surface area contributed by atoms with Gasteiger partial charge in [0.25, 0.3) is 0 Å². The second kappa shape index (κ2) is 10.1. The van der Waals surface area contributed by atoms with Gasteiger partial charge in [0.2, 0.25) is 0 Å². The van der Waals surface area contributed by atoms with Gasteiger partial charge in [-0.05, 0) is 44.0 Å². The van der Waals surface area contributed by atoms with E-state index in [2.05, 4.69) is 21.2 Å². The van der Waals surface area contributed by atoms with Crippen LogP contribution in [0, 0.1) is 0 Å². The SMILES string of the molecule is CC(C)(C)OC(=O)Nc1cccc(CN2CCN(C[C@H](O)c3ccccc3)CC2)c1. The van der Waals surface area contributed by atoms with Crippen molar-refractivity contribution in [1.29, 1.82) is 0 Å². The Hall–Kier alpha value is -2.41. The summed E-state index contributed by atoms with van der Waals surface area (Å²) in [5, 5.41) is 13.3. The molecule has 2 aromatic carbocycles. The van der Waals surface area contributed by atoms with E-state index in [1.165, 1.54) is 0 Å². The second-order valence-corrected chi connectivity index (χ2v) is 8.83. The van der Waals surface area contributed by atoms with Crippen molar-refractivity contribution in [3.63, 3.8) is 0 Å². The molecule has 3 rings (SSSR count). The molecule has 0 saturated carbocycles. The number of carbonyl (C=O) groups excluding carboxylic acids is 1. The summed E-state index contributed by atoms with van der Waals surface area (Å²) in [5.74, 6) is 0. The molecule has 1 saturated heterocycles.